The Bertz CT molecular complexity index is 177. The molecule has 0 N–H and O–H groups in total. The summed E-state index contributed by atoms with van der Waals surface area (Å²) in [7, 11) is 0. The van der Waals surface area contributed by atoms with Crippen LogP contribution in [-0.2, 0) is 9.53 Å². The molecule has 0 heterocycles. The van der Waals surface area contributed by atoms with E-state index in [4.69, 9.17) is 4.74 Å². The molecule has 0 aromatic heterocycles. The van der Waals surface area contributed by atoms with Crippen LogP contribution in [0.15, 0.2) is 0 Å². The van der Waals surface area contributed by atoms with Crippen LogP contribution in [0.4, 0.5) is 8.78 Å². The minimum Gasteiger partial charge on any atom is -0.460 e. The maximum atomic E-state index is 12.3. The maximum absolute atomic E-state index is 12.3. The van der Waals surface area contributed by atoms with E-state index in [2.05, 4.69) is 0 Å². The van der Waals surface area contributed by atoms with E-state index in [1.165, 1.54) is 0 Å². The number of hydrogen-bond donors (Lipinski definition) is 0. The summed E-state index contributed by atoms with van der Waals surface area (Å²) in [5.41, 5.74) is -0.597. The Morgan fingerprint density at radius 2 is 1.69 bits per heavy atom. The van der Waals surface area contributed by atoms with Crippen LogP contribution in [0.1, 0.15) is 40.5 Å². The number of carbonyl (C=O) groups is 1. The largest absolute Gasteiger partial charge is 0.460 e. The second kappa shape index (κ2) is 4.03. The molecule has 0 aliphatic heterocycles. The minimum absolute atomic E-state index is 0.235. The molecule has 0 aliphatic carbocycles. The van der Waals surface area contributed by atoms with Crippen LogP contribution in [0, 0.1) is 0 Å². The van der Waals surface area contributed by atoms with Crippen molar-refractivity contribution in [3.63, 3.8) is 0 Å². The molecule has 0 amide bonds. The Labute approximate surface area is 77.3 Å². The Hall–Kier alpha value is -0.670. The van der Waals surface area contributed by atoms with Gasteiger partial charge in [-0.25, -0.2) is 8.78 Å². The van der Waals surface area contributed by atoms with Crippen LogP contribution >= 0.6 is 0 Å². The van der Waals surface area contributed by atoms with Crippen molar-refractivity contribution in [3.05, 3.63) is 0 Å². The third-order valence-corrected chi connectivity index (χ3v) is 1.19. The van der Waals surface area contributed by atoms with Gasteiger partial charge in [0.25, 0.3) is 0 Å². The van der Waals surface area contributed by atoms with Crippen molar-refractivity contribution in [1.82, 2.24) is 0 Å². The highest BCUT2D eigenvalue weighted by atomic mass is 19.3. The fourth-order valence-electron chi connectivity index (χ4n) is 0.714. The molecule has 0 atom stereocenters. The molecule has 78 valence electrons. The van der Waals surface area contributed by atoms with Gasteiger partial charge in [0, 0.05) is 6.42 Å². The van der Waals surface area contributed by atoms with Gasteiger partial charge in [0.05, 0.1) is 6.42 Å². The summed E-state index contributed by atoms with van der Waals surface area (Å²) in [6, 6.07) is 0. The summed E-state index contributed by atoms with van der Waals surface area (Å²) in [5, 5.41) is 0. The summed E-state index contributed by atoms with van der Waals surface area (Å²) in [5.74, 6) is -3.37. The van der Waals surface area contributed by atoms with Crippen LogP contribution in [0.25, 0.3) is 0 Å². The molecule has 0 aromatic carbocycles. The van der Waals surface area contributed by atoms with Gasteiger partial charge in [-0.3, -0.25) is 4.79 Å². The third kappa shape index (κ3) is 9.24. The SMILES string of the molecule is CC(F)(F)CCC(=O)OC(C)(C)C. The molecule has 0 unspecified atom stereocenters. The standard InChI is InChI=1S/C9H16F2O2/c1-8(2,3)13-7(12)5-6-9(4,10)11/h5-6H2,1-4H3. The van der Waals surface area contributed by atoms with Crippen LogP contribution in [0.3, 0.4) is 0 Å². The van der Waals surface area contributed by atoms with E-state index in [9.17, 15) is 13.6 Å². The number of rotatable bonds is 3. The molecule has 0 aliphatic rings. The van der Waals surface area contributed by atoms with Gasteiger partial charge in [-0.05, 0) is 27.7 Å². The van der Waals surface area contributed by atoms with E-state index < -0.39 is 23.9 Å². The summed E-state index contributed by atoms with van der Waals surface area (Å²) in [6.07, 6.45) is -0.692. The average Bonchev–Trinajstić information content (AvgIpc) is 1.78. The number of alkyl halides is 2. The maximum Gasteiger partial charge on any atom is 0.306 e. The molecule has 0 radical (unpaired) electrons. The zero-order valence-corrected chi connectivity index (χ0v) is 8.49. The van der Waals surface area contributed by atoms with Gasteiger partial charge >= 0.3 is 5.97 Å². The molecular formula is C9H16F2O2. The van der Waals surface area contributed by atoms with Gasteiger partial charge in [0.15, 0.2) is 0 Å². The van der Waals surface area contributed by atoms with Gasteiger partial charge in [0.1, 0.15) is 5.60 Å². The summed E-state index contributed by atoms with van der Waals surface area (Å²) >= 11 is 0. The van der Waals surface area contributed by atoms with E-state index in [-0.39, 0.29) is 6.42 Å². The van der Waals surface area contributed by atoms with Gasteiger partial charge in [0.2, 0.25) is 5.92 Å². The molecule has 0 rings (SSSR count). The smallest absolute Gasteiger partial charge is 0.306 e. The van der Waals surface area contributed by atoms with Crippen molar-refractivity contribution >= 4 is 5.97 Å². The number of ether oxygens (including phenoxy) is 1. The van der Waals surface area contributed by atoms with Crippen molar-refractivity contribution in [2.75, 3.05) is 0 Å². The zero-order chi connectivity index (χ0) is 10.7. The Balaban J connectivity index is 3.78. The summed E-state index contributed by atoms with van der Waals surface area (Å²) in [4.78, 5) is 10.9. The van der Waals surface area contributed by atoms with Gasteiger partial charge in [-0.2, -0.15) is 0 Å². The van der Waals surface area contributed by atoms with Crippen LogP contribution in [-0.4, -0.2) is 17.5 Å². The Morgan fingerprint density at radius 1 is 1.23 bits per heavy atom. The van der Waals surface area contributed by atoms with Crippen molar-refractivity contribution in [1.29, 1.82) is 0 Å². The third-order valence-electron chi connectivity index (χ3n) is 1.19. The van der Waals surface area contributed by atoms with Gasteiger partial charge < -0.3 is 4.74 Å². The number of halogens is 2. The normalized spacial score (nSPS) is 12.8. The van der Waals surface area contributed by atoms with E-state index in [1.54, 1.807) is 20.8 Å². The first-order valence-electron chi connectivity index (χ1n) is 4.20. The van der Waals surface area contributed by atoms with E-state index in [0.29, 0.717) is 0 Å². The highest BCUT2D eigenvalue weighted by Gasteiger charge is 2.24. The number of hydrogen-bond acceptors (Lipinski definition) is 2. The predicted octanol–water partition coefficient (Wildman–Crippen LogP) is 2.76. The molecule has 0 bridgehead atoms. The molecule has 13 heavy (non-hydrogen) atoms. The van der Waals surface area contributed by atoms with Crippen LogP contribution in [0.5, 0.6) is 0 Å². The lowest BCUT2D eigenvalue weighted by molar-refractivity contribution is -0.156. The molecule has 0 aromatic rings. The first-order chi connectivity index (χ1) is 5.60. The molecule has 0 saturated carbocycles. The zero-order valence-electron chi connectivity index (χ0n) is 8.49. The van der Waals surface area contributed by atoms with Gasteiger partial charge in [-0.15, -0.1) is 0 Å². The van der Waals surface area contributed by atoms with Crippen LogP contribution < -0.4 is 0 Å². The van der Waals surface area contributed by atoms with Crippen molar-refractivity contribution < 1.29 is 18.3 Å². The monoisotopic (exact) mass is 194 g/mol. The Kier molecular flexibility index (Phi) is 3.82. The van der Waals surface area contributed by atoms with E-state index >= 15 is 0 Å². The summed E-state index contributed by atoms with van der Waals surface area (Å²) in [6.45, 7) is 5.90. The second-order valence-corrected chi connectivity index (χ2v) is 4.16. The van der Waals surface area contributed by atoms with Crippen molar-refractivity contribution in [2.45, 2.75) is 52.1 Å². The molecule has 0 saturated heterocycles. The van der Waals surface area contributed by atoms with E-state index in [1.807, 2.05) is 0 Å². The lowest BCUT2D eigenvalue weighted by Crippen LogP contribution is -2.25. The molecule has 4 heteroatoms. The fourth-order valence-corrected chi connectivity index (χ4v) is 0.714. The topological polar surface area (TPSA) is 26.3 Å². The van der Waals surface area contributed by atoms with Crippen LogP contribution in [0.2, 0.25) is 0 Å². The van der Waals surface area contributed by atoms with Crippen molar-refractivity contribution in [3.8, 4) is 0 Å². The predicted molar refractivity (Wildman–Crippen MR) is 45.7 cm³/mol. The fraction of sp³-hybridized carbons (Fsp3) is 0.889. The second-order valence-electron chi connectivity index (χ2n) is 4.16. The molecule has 2 nitrogen and oxygen atoms in total. The lowest BCUT2D eigenvalue weighted by atomic mass is 10.2. The van der Waals surface area contributed by atoms with E-state index in [0.717, 1.165) is 6.92 Å². The molecule has 0 spiro atoms. The average molecular weight is 194 g/mol. The quantitative estimate of drug-likeness (QED) is 0.646. The molecular weight excluding hydrogens is 178 g/mol. The first kappa shape index (κ1) is 12.3. The lowest BCUT2D eigenvalue weighted by Gasteiger charge is -2.20. The van der Waals surface area contributed by atoms with Gasteiger partial charge in [-0.1, -0.05) is 0 Å². The Morgan fingerprint density at radius 3 is 2.00 bits per heavy atom. The number of carbonyl (C=O) groups excluding carboxylic acids is 1. The highest BCUT2D eigenvalue weighted by Crippen LogP contribution is 2.20. The minimum atomic E-state index is -2.79. The number of esters is 1. The molecule has 0 fully saturated rings. The first-order valence-corrected chi connectivity index (χ1v) is 4.20. The highest BCUT2D eigenvalue weighted by molar-refractivity contribution is 5.69. The van der Waals surface area contributed by atoms with Crippen molar-refractivity contribution in [2.24, 2.45) is 0 Å². The summed E-state index contributed by atoms with van der Waals surface area (Å²) < 4.78 is 29.5.